The van der Waals surface area contributed by atoms with Gasteiger partial charge < -0.3 is 14.8 Å². The predicted molar refractivity (Wildman–Crippen MR) is 145 cm³/mol. The van der Waals surface area contributed by atoms with E-state index in [1.807, 2.05) is 44.2 Å². The van der Waals surface area contributed by atoms with Crippen molar-refractivity contribution < 1.29 is 19.1 Å². The molecule has 0 aliphatic rings. The zero-order valence-corrected chi connectivity index (χ0v) is 22.5. The molecule has 2 amide bonds. The number of amides is 2. The van der Waals surface area contributed by atoms with E-state index in [4.69, 9.17) is 21.1 Å². The summed E-state index contributed by atoms with van der Waals surface area (Å²) in [6, 6.07) is 19.1. The first-order chi connectivity index (χ1) is 17.3. The van der Waals surface area contributed by atoms with Crippen molar-refractivity contribution >= 4 is 45.6 Å². The van der Waals surface area contributed by atoms with Crippen LogP contribution in [0.3, 0.4) is 0 Å². The molecule has 3 aromatic carbocycles. The van der Waals surface area contributed by atoms with Gasteiger partial charge in [0.15, 0.2) is 11.5 Å². The van der Waals surface area contributed by atoms with E-state index in [2.05, 4.69) is 31.8 Å². The number of nitrogens with one attached hydrogen (secondary N) is 2. The lowest BCUT2D eigenvalue weighted by atomic mass is 10.0. The van der Waals surface area contributed by atoms with E-state index >= 15 is 0 Å². The monoisotopic (exact) mass is 571 g/mol. The van der Waals surface area contributed by atoms with E-state index in [-0.39, 0.29) is 5.92 Å². The van der Waals surface area contributed by atoms with E-state index in [1.54, 1.807) is 43.5 Å². The van der Waals surface area contributed by atoms with Crippen LogP contribution in [-0.2, 0) is 11.4 Å². The summed E-state index contributed by atoms with van der Waals surface area (Å²) in [5, 5.41) is 7.25. The van der Waals surface area contributed by atoms with Crippen molar-refractivity contribution in [3.8, 4) is 11.5 Å². The molecule has 2 N–H and O–H groups in total. The normalized spacial score (nSPS) is 11.8. The summed E-state index contributed by atoms with van der Waals surface area (Å²) in [6.45, 7) is 4.06. The standard InChI is InChI=1S/C27H27BrClN3O4/c1-17(2)24(31-26(33)20-10-7-11-21(29)14-20)27(34)32-30-15-19-12-22(28)25(23(13-19)35-3)36-16-18-8-5-4-6-9-18/h4-15,17,24H,16H2,1-3H3,(H,31,33)(H,32,34)/b30-15+. The molecule has 0 aliphatic heterocycles. The molecule has 3 aromatic rings. The number of rotatable bonds is 10. The SMILES string of the molecule is COc1cc(/C=N/NC(=O)C(NC(=O)c2cccc(Cl)c2)C(C)C)cc(Br)c1OCc1ccccc1. The van der Waals surface area contributed by atoms with Gasteiger partial charge in [-0.15, -0.1) is 0 Å². The minimum atomic E-state index is -0.788. The van der Waals surface area contributed by atoms with Gasteiger partial charge in [-0.1, -0.05) is 61.8 Å². The Kier molecular flexibility index (Phi) is 9.90. The van der Waals surface area contributed by atoms with Gasteiger partial charge in [-0.25, -0.2) is 5.43 Å². The van der Waals surface area contributed by atoms with Crippen LogP contribution >= 0.6 is 27.5 Å². The predicted octanol–water partition coefficient (Wildman–Crippen LogP) is 5.59. The van der Waals surface area contributed by atoms with Crippen molar-refractivity contribution in [1.82, 2.24) is 10.7 Å². The molecule has 0 heterocycles. The Hall–Kier alpha value is -3.36. The molecule has 7 nitrogen and oxygen atoms in total. The fourth-order valence-corrected chi connectivity index (χ4v) is 4.08. The van der Waals surface area contributed by atoms with Crippen LogP contribution in [0.2, 0.25) is 5.02 Å². The number of nitrogens with zero attached hydrogens (tertiary/aromatic N) is 1. The summed E-state index contributed by atoms with van der Waals surface area (Å²) in [5.74, 6) is 0.0762. The second kappa shape index (κ2) is 13.1. The topological polar surface area (TPSA) is 89.0 Å². The molecule has 0 saturated carbocycles. The molecule has 3 rings (SSSR count). The van der Waals surface area contributed by atoms with Gasteiger partial charge in [0.2, 0.25) is 0 Å². The Labute approximate surface area is 224 Å². The maximum atomic E-state index is 12.8. The van der Waals surface area contributed by atoms with Crippen LogP contribution in [0.15, 0.2) is 76.3 Å². The highest BCUT2D eigenvalue weighted by Gasteiger charge is 2.24. The Morgan fingerprint density at radius 1 is 1.08 bits per heavy atom. The number of methoxy groups -OCH3 is 1. The lowest BCUT2D eigenvalue weighted by molar-refractivity contribution is -0.123. The van der Waals surface area contributed by atoms with Crippen LogP contribution in [0.5, 0.6) is 11.5 Å². The third-order valence-electron chi connectivity index (χ3n) is 5.19. The molecule has 0 aliphatic carbocycles. The lowest BCUT2D eigenvalue weighted by Crippen LogP contribution is -2.48. The van der Waals surface area contributed by atoms with Gasteiger partial charge in [-0.3, -0.25) is 9.59 Å². The largest absolute Gasteiger partial charge is 0.493 e. The zero-order chi connectivity index (χ0) is 26.1. The third kappa shape index (κ3) is 7.57. The van der Waals surface area contributed by atoms with E-state index < -0.39 is 17.9 Å². The number of hydrazone groups is 1. The number of benzene rings is 3. The maximum absolute atomic E-state index is 12.8. The molecule has 0 bridgehead atoms. The minimum Gasteiger partial charge on any atom is -0.493 e. The van der Waals surface area contributed by atoms with Gasteiger partial charge in [0.1, 0.15) is 12.6 Å². The zero-order valence-electron chi connectivity index (χ0n) is 20.1. The van der Waals surface area contributed by atoms with Gasteiger partial charge in [-0.2, -0.15) is 5.10 Å². The van der Waals surface area contributed by atoms with Crippen molar-refractivity contribution in [3.63, 3.8) is 0 Å². The molecule has 0 radical (unpaired) electrons. The van der Waals surface area contributed by atoms with Crippen LogP contribution in [0.25, 0.3) is 0 Å². The fourth-order valence-electron chi connectivity index (χ4n) is 3.31. The summed E-state index contributed by atoms with van der Waals surface area (Å²) in [6.07, 6.45) is 1.49. The van der Waals surface area contributed by atoms with Crippen LogP contribution in [0.4, 0.5) is 0 Å². The van der Waals surface area contributed by atoms with Crippen molar-refractivity contribution in [2.75, 3.05) is 7.11 Å². The smallest absolute Gasteiger partial charge is 0.262 e. The third-order valence-corrected chi connectivity index (χ3v) is 6.01. The summed E-state index contributed by atoms with van der Waals surface area (Å²) in [7, 11) is 1.55. The first-order valence-electron chi connectivity index (χ1n) is 11.2. The van der Waals surface area contributed by atoms with Crippen LogP contribution < -0.4 is 20.2 Å². The molecule has 1 unspecified atom stereocenters. The molecule has 0 aromatic heterocycles. The van der Waals surface area contributed by atoms with Gasteiger partial charge in [0.25, 0.3) is 11.8 Å². The molecule has 36 heavy (non-hydrogen) atoms. The Bertz CT molecular complexity index is 1230. The Balaban J connectivity index is 1.65. The highest BCUT2D eigenvalue weighted by Crippen LogP contribution is 2.36. The number of hydrogen-bond acceptors (Lipinski definition) is 5. The van der Waals surface area contributed by atoms with E-state index in [0.717, 1.165) is 5.56 Å². The fraction of sp³-hybridized carbons (Fsp3) is 0.222. The van der Waals surface area contributed by atoms with Crippen molar-refractivity contribution in [2.45, 2.75) is 26.5 Å². The maximum Gasteiger partial charge on any atom is 0.262 e. The van der Waals surface area contributed by atoms with Crippen molar-refractivity contribution in [1.29, 1.82) is 0 Å². The molecule has 0 fully saturated rings. The molecular formula is C27H27BrClN3O4. The van der Waals surface area contributed by atoms with Crippen LogP contribution in [0.1, 0.15) is 35.3 Å². The van der Waals surface area contributed by atoms with Gasteiger partial charge >= 0.3 is 0 Å². The van der Waals surface area contributed by atoms with Gasteiger partial charge in [0, 0.05) is 10.6 Å². The second-order valence-corrected chi connectivity index (χ2v) is 9.54. The Morgan fingerprint density at radius 3 is 2.50 bits per heavy atom. The number of halogens is 2. The molecule has 1 atom stereocenters. The van der Waals surface area contributed by atoms with E-state index in [0.29, 0.717) is 38.7 Å². The van der Waals surface area contributed by atoms with E-state index in [9.17, 15) is 9.59 Å². The number of carbonyl (C=O) groups is 2. The van der Waals surface area contributed by atoms with Crippen LogP contribution in [-0.4, -0.2) is 31.2 Å². The molecule has 9 heteroatoms. The van der Waals surface area contributed by atoms with E-state index in [1.165, 1.54) is 6.21 Å². The summed E-state index contributed by atoms with van der Waals surface area (Å²) < 4.78 is 12.1. The lowest BCUT2D eigenvalue weighted by Gasteiger charge is -2.20. The first-order valence-corrected chi connectivity index (χ1v) is 12.4. The minimum absolute atomic E-state index is 0.168. The Morgan fingerprint density at radius 2 is 1.83 bits per heavy atom. The highest BCUT2D eigenvalue weighted by atomic mass is 79.9. The molecule has 0 saturated heterocycles. The van der Waals surface area contributed by atoms with Crippen LogP contribution in [0, 0.1) is 5.92 Å². The first kappa shape index (κ1) is 27.2. The number of hydrogen-bond donors (Lipinski definition) is 2. The molecule has 188 valence electrons. The average molecular weight is 573 g/mol. The quantitative estimate of drug-likeness (QED) is 0.245. The highest BCUT2D eigenvalue weighted by molar-refractivity contribution is 9.10. The summed E-state index contributed by atoms with van der Waals surface area (Å²) in [4.78, 5) is 25.3. The van der Waals surface area contributed by atoms with Crippen molar-refractivity contribution in [3.05, 3.63) is 92.9 Å². The number of ether oxygens (including phenoxy) is 2. The summed E-state index contributed by atoms with van der Waals surface area (Å²) in [5.41, 5.74) is 4.58. The number of carbonyl (C=O) groups excluding carboxylic acids is 2. The molecular weight excluding hydrogens is 546 g/mol. The molecule has 0 spiro atoms. The average Bonchev–Trinajstić information content (AvgIpc) is 2.86. The second-order valence-electron chi connectivity index (χ2n) is 8.25. The van der Waals surface area contributed by atoms with Gasteiger partial charge in [0.05, 0.1) is 17.8 Å². The van der Waals surface area contributed by atoms with Gasteiger partial charge in [-0.05, 0) is 63.3 Å². The van der Waals surface area contributed by atoms with Crippen molar-refractivity contribution in [2.24, 2.45) is 11.0 Å². The summed E-state index contributed by atoms with van der Waals surface area (Å²) >= 11 is 9.49.